The van der Waals surface area contributed by atoms with Crippen LogP contribution in [0.15, 0.2) is 29.6 Å². The van der Waals surface area contributed by atoms with Crippen molar-refractivity contribution >= 4 is 39.3 Å². The predicted molar refractivity (Wildman–Crippen MR) is 123 cm³/mol. The summed E-state index contributed by atoms with van der Waals surface area (Å²) in [4.78, 5) is 42.2. The summed E-state index contributed by atoms with van der Waals surface area (Å²) < 4.78 is 1.31. The van der Waals surface area contributed by atoms with Crippen LogP contribution in [-0.2, 0) is 16.1 Å². The summed E-state index contributed by atoms with van der Waals surface area (Å²) in [6, 6.07) is 7.96. The molecule has 3 fully saturated rings. The number of rotatable bonds is 5. The molecule has 2 aromatic rings. The smallest absolute Gasteiger partial charge is 0.322 e. The molecule has 32 heavy (non-hydrogen) atoms. The maximum absolute atomic E-state index is 12.8. The number of fused-ring (bicyclic) bond motifs is 1. The standard InChI is InChI=1S/C23H29N5O3S/c29-20(25-28-21(30)23(24-22(28)31)8-4-1-5-9-23)15-27-12-10-26(11-13-27)14-17-16-32-19-7-3-2-6-18(17)19/h2-3,6-7,16H,1,4-5,8-15H2,(H,24,31)(H,25,29). The molecule has 1 aromatic heterocycles. The van der Waals surface area contributed by atoms with Crippen molar-refractivity contribution in [3.8, 4) is 0 Å². The summed E-state index contributed by atoms with van der Waals surface area (Å²) in [5.74, 6) is -0.637. The molecule has 1 spiro atoms. The number of piperazine rings is 1. The molecule has 1 aliphatic carbocycles. The van der Waals surface area contributed by atoms with Crippen molar-refractivity contribution in [3.63, 3.8) is 0 Å². The number of hydrogen-bond acceptors (Lipinski definition) is 6. The van der Waals surface area contributed by atoms with Gasteiger partial charge in [-0.05, 0) is 35.2 Å². The van der Waals surface area contributed by atoms with Gasteiger partial charge in [0.2, 0.25) is 0 Å². The van der Waals surface area contributed by atoms with Gasteiger partial charge in [0.25, 0.3) is 11.8 Å². The van der Waals surface area contributed by atoms with E-state index in [9.17, 15) is 14.4 Å². The Labute approximate surface area is 191 Å². The Morgan fingerprint density at radius 1 is 1.03 bits per heavy atom. The van der Waals surface area contributed by atoms with E-state index in [0.717, 1.165) is 57.0 Å². The van der Waals surface area contributed by atoms with E-state index in [4.69, 9.17) is 0 Å². The minimum absolute atomic E-state index is 0.180. The molecular weight excluding hydrogens is 426 g/mol. The van der Waals surface area contributed by atoms with Gasteiger partial charge in [0.05, 0.1) is 6.54 Å². The number of hydrogen-bond donors (Lipinski definition) is 2. The first-order chi connectivity index (χ1) is 15.5. The van der Waals surface area contributed by atoms with Gasteiger partial charge < -0.3 is 5.32 Å². The van der Waals surface area contributed by atoms with Gasteiger partial charge in [0, 0.05) is 37.4 Å². The van der Waals surface area contributed by atoms with Crippen LogP contribution >= 0.6 is 11.3 Å². The fraction of sp³-hybridized carbons (Fsp3) is 0.522. The summed E-state index contributed by atoms with van der Waals surface area (Å²) in [6.07, 6.45) is 4.20. The number of urea groups is 1. The molecule has 3 heterocycles. The SMILES string of the molecule is O=C(CN1CCN(Cc2csc3ccccc23)CC1)NN1C(=O)NC2(CCCCC2)C1=O. The number of amides is 4. The van der Waals surface area contributed by atoms with Crippen LogP contribution in [0, 0.1) is 0 Å². The largest absolute Gasteiger partial charge is 0.344 e. The van der Waals surface area contributed by atoms with Crippen LogP contribution in [0.5, 0.6) is 0 Å². The third-order valence-electron chi connectivity index (χ3n) is 6.89. The maximum atomic E-state index is 12.8. The highest BCUT2D eigenvalue weighted by molar-refractivity contribution is 7.17. The van der Waals surface area contributed by atoms with E-state index in [1.807, 2.05) is 0 Å². The average Bonchev–Trinajstić information content (AvgIpc) is 3.30. The monoisotopic (exact) mass is 455 g/mol. The molecule has 2 aliphatic heterocycles. The molecule has 2 N–H and O–H groups in total. The lowest BCUT2D eigenvalue weighted by molar-refractivity contribution is -0.140. The molecule has 1 aromatic carbocycles. The van der Waals surface area contributed by atoms with Crippen LogP contribution in [-0.4, -0.2) is 70.9 Å². The molecule has 2 saturated heterocycles. The van der Waals surface area contributed by atoms with Gasteiger partial charge in [-0.15, -0.1) is 11.3 Å². The molecule has 5 rings (SSSR count). The third-order valence-corrected chi connectivity index (χ3v) is 7.90. The zero-order valence-electron chi connectivity index (χ0n) is 18.1. The fourth-order valence-corrected chi connectivity index (χ4v) is 6.03. The van der Waals surface area contributed by atoms with E-state index in [-0.39, 0.29) is 18.4 Å². The highest BCUT2D eigenvalue weighted by Crippen LogP contribution is 2.33. The van der Waals surface area contributed by atoms with E-state index in [1.165, 1.54) is 15.6 Å². The lowest BCUT2D eigenvalue weighted by Crippen LogP contribution is -2.54. The molecular formula is C23H29N5O3S. The van der Waals surface area contributed by atoms with E-state index in [2.05, 4.69) is 50.2 Å². The molecule has 170 valence electrons. The number of nitrogens with one attached hydrogen (secondary N) is 2. The van der Waals surface area contributed by atoms with E-state index < -0.39 is 11.6 Å². The Morgan fingerprint density at radius 2 is 1.75 bits per heavy atom. The number of thiophene rings is 1. The van der Waals surface area contributed by atoms with Crippen molar-refractivity contribution in [2.75, 3.05) is 32.7 Å². The molecule has 0 bridgehead atoms. The Hall–Kier alpha value is -2.49. The van der Waals surface area contributed by atoms with Gasteiger partial charge in [-0.3, -0.25) is 24.8 Å². The number of hydrazine groups is 1. The van der Waals surface area contributed by atoms with Crippen LogP contribution in [0.3, 0.4) is 0 Å². The minimum atomic E-state index is -0.819. The van der Waals surface area contributed by atoms with E-state index >= 15 is 0 Å². The van der Waals surface area contributed by atoms with Crippen molar-refractivity contribution in [2.45, 2.75) is 44.2 Å². The third kappa shape index (κ3) is 4.12. The Kier molecular flexibility index (Phi) is 5.88. The van der Waals surface area contributed by atoms with Gasteiger partial charge in [-0.2, -0.15) is 5.01 Å². The lowest BCUT2D eigenvalue weighted by atomic mass is 9.82. The number of nitrogens with zero attached hydrogens (tertiary/aromatic N) is 3. The maximum Gasteiger partial charge on any atom is 0.344 e. The minimum Gasteiger partial charge on any atom is -0.322 e. The first-order valence-electron chi connectivity index (χ1n) is 11.4. The highest BCUT2D eigenvalue weighted by atomic mass is 32.1. The number of imide groups is 1. The van der Waals surface area contributed by atoms with Crippen molar-refractivity contribution in [1.29, 1.82) is 0 Å². The van der Waals surface area contributed by atoms with E-state index in [1.54, 1.807) is 11.3 Å². The predicted octanol–water partition coefficient (Wildman–Crippen LogP) is 2.30. The number of carbonyl (C=O) groups excluding carboxylic acids is 3. The Bertz CT molecular complexity index is 1020. The molecule has 0 atom stereocenters. The van der Waals surface area contributed by atoms with Crippen molar-refractivity contribution in [3.05, 3.63) is 35.2 Å². The first kappa shape index (κ1) is 21.4. The summed E-state index contributed by atoms with van der Waals surface area (Å²) in [7, 11) is 0. The van der Waals surface area contributed by atoms with Crippen LogP contribution in [0.1, 0.15) is 37.7 Å². The molecule has 9 heteroatoms. The summed E-state index contributed by atoms with van der Waals surface area (Å²) in [5, 5.41) is 7.28. The van der Waals surface area contributed by atoms with Crippen LogP contribution < -0.4 is 10.7 Å². The second-order valence-corrected chi connectivity index (χ2v) is 9.97. The first-order valence-corrected chi connectivity index (χ1v) is 12.3. The summed E-state index contributed by atoms with van der Waals surface area (Å²) in [6.45, 7) is 4.40. The lowest BCUT2D eigenvalue weighted by Gasteiger charge is -2.34. The zero-order valence-corrected chi connectivity index (χ0v) is 19.0. The van der Waals surface area contributed by atoms with Crippen LogP contribution in [0.2, 0.25) is 0 Å². The average molecular weight is 456 g/mol. The van der Waals surface area contributed by atoms with Gasteiger partial charge in [-0.25, -0.2) is 4.79 Å². The Balaban J connectivity index is 1.11. The number of carbonyl (C=O) groups is 3. The highest BCUT2D eigenvalue weighted by Gasteiger charge is 2.52. The topological polar surface area (TPSA) is 85.0 Å². The molecule has 4 amide bonds. The molecule has 0 unspecified atom stereocenters. The van der Waals surface area contributed by atoms with Gasteiger partial charge in [0.1, 0.15) is 5.54 Å². The quantitative estimate of drug-likeness (QED) is 0.676. The van der Waals surface area contributed by atoms with Gasteiger partial charge in [-0.1, -0.05) is 37.5 Å². The van der Waals surface area contributed by atoms with Crippen LogP contribution in [0.4, 0.5) is 4.79 Å². The van der Waals surface area contributed by atoms with Gasteiger partial charge in [0.15, 0.2) is 0 Å². The van der Waals surface area contributed by atoms with Crippen molar-refractivity contribution < 1.29 is 14.4 Å². The van der Waals surface area contributed by atoms with Crippen molar-refractivity contribution in [1.82, 2.24) is 25.6 Å². The molecule has 1 saturated carbocycles. The number of benzene rings is 1. The normalized spacial score (nSPS) is 21.9. The van der Waals surface area contributed by atoms with Crippen molar-refractivity contribution in [2.24, 2.45) is 0 Å². The molecule has 8 nitrogen and oxygen atoms in total. The van der Waals surface area contributed by atoms with Crippen LogP contribution in [0.25, 0.3) is 10.1 Å². The summed E-state index contributed by atoms with van der Waals surface area (Å²) in [5.41, 5.74) is 3.08. The second-order valence-electron chi connectivity index (χ2n) is 9.06. The van der Waals surface area contributed by atoms with Gasteiger partial charge >= 0.3 is 6.03 Å². The summed E-state index contributed by atoms with van der Waals surface area (Å²) >= 11 is 1.78. The zero-order chi connectivity index (χ0) is 22.1. The second kappa shape index (κ2) is 8.80. The molecule has 0 radical (unpaired) electrons. The van der Waals surface area contributed by atoms with E-state index in [0.29, 0.717) is 12.8 Å². The Morgan fingerprint density at radius 3 is 2.53 bits per heavy atom. The molecule has 3 aliphatic rings. The fourth-order valence-electron chi connectivity index (χ4n) is 5.08.